The third-order valence-electron chi connectivity index (χ3n) is 2.13. The number of aromatic nitrogens is 1. The summed E-state index contributed by atoms with van der Waals surface area (Å²) in [5, 5.41) is 14.2. The highest BCUT2D eigenvalue weighted by atomic mass is 35.5. The summed E-state index contributed by atoms with van der Waals surface area (Å²) in [6.45, 7) is 1.93. The molecule has 0 spiro atoms. The van der Waals surface area contributed by atoms with E-state index in [1.807, 2.05) is 24.4 Å². The van der Waals surface area contributed by atoms with Gasteiger partial charge >= 0.3 is 0 Å². The van der Waals surface area contributed by atoms with Crippen LogP contribution < -0.4 is 5.73 Å². The zero-order valence-corrected chi connectivity index (χ0v) is 11.8. The molecule has 3 N–H and O–H groups in total. The average Bonchev–Trinajstić information content (AvgIpc) is 2.74. The fourth-order valence-corrected chi connectivity index (χ4v) is 3.66. The molecule has 0 amide bonds. The quantitative estimate of drug-likeness (QED) is 0.394. The summed E-state index contributed by atoms with van der Waals surface area (Å²) in [4.78, 5) is 5.17. The van der Waals surface area contributed by atoms with Crippen molar-refractivity contribution in [1.29, 1.82) is 0 Å². The average molecular weight is 300 g/mol. The highest BCUT2D eigenvalue weighted by molar-refractivity contribution is 8.01. The summed E-state index contributed by atoms with van der Waals surface area (Å²) in [6, 6.07) is 5.38. The Morgan fingerprint density at radius 1 is 1.56 bits per heavy atom. The lowest BCUT2D eigenvalue weighted by Crippen LogP contribution is -2.14. The summed E-state index contributed by atoms with van der Waals surface area (Å²) in [7, 11) is 0. The molecule has 0 bridgehead atoms. The van der Waals surface area contributed by atoms with Gasteiger partial charge in [0.15, 0.2) is 10.2 Å². The van der Waals surface area contributed by atoms with Crippen molar-refractivity contribution < 1.29 is 5.21 Å². The van der Waals surface area contributed by atoms with Gasteiger partial charge in [-0.1, -0.05) is 34.6 Å². The van der Waals surface area contributed by atoms with Crippen molar-refractivity contribution >= 4 is 40.5 Å². The van der Waals surface area contributed by atoms with Gasteiger partial charge in [-0.2, -0.15) is 0 Å². The molecule has 4 nitrogen and oxygen atoms in total. The summed E-state index contributed by atoms with van der Waals surface area (Å²) < 4.78 is 0.891. The number of rotatable bonds is 3. The molecule has 0 saturated heterocycles. The smallest absolute Gasteiger partial charge is 0.172 e. The zero-order chi connectivity index (χ0) is 13.1. The number of benzene rings is 1. The molecule has 1 aromatic carbocycles. The Bertz CT molecular complexity index is 598. The molecule has 2 aromatic rings. The van der Waals surface area contributed by atoms with Gasteiger partial charge in [-0.15, -0.1) is 11.3 Å². The van der Waals surface area contributed by atoms with Crippen molar-refractivity contribution in [3.05, 3.63) is 39.9 Å². The van der Waals surface area contributed by atoms with E-state index >= 15 is 0 Å². The second kappa shape index (κ2) is 5.60. The van der Waals surface area contributed by atoms with Gasteiger partial charge in [0, 0.05) is 16.0 Å². The van der Waals surface area contributed by atoms with Crippen molar-refractivity contribution in [2.45, 2.75) is 16.2 Å². The van der Waals surface area contributed by atoms with Gasteiger partial charge in [0.25, 0.3) is 0 Å². The van der Waals surface area contributed by atoms with Gasteiger partial charge in [0.05, 0.1) is 10.6 Å². The van der Waals surface area contributed by atoms with E-state index in [1.165, 1.54) is 11.8 Å². The number of halogens is 1. The lowest BCUT2D eigenvalue weighted by Gasteiger charge is -2.07. The van der Waals surface area contributed by atoms with Crippen LogP contribution in [0.25, 0.3) is 0 Å². The highest BCUT2D eigenvalue weighted by Gasteiger charge is 2.13. The molecule has 0 aliphatic rings. The highest BCUT2D eigenvalue weighted by Crippen LogP contribution is 2.35. The number of thiazole rings is 1. The second-order valence-electron chi connectivity index (χ2n) is 3.46. The van der Waals surface area contributed by atoms with Crippen LogP contribution in [0.1, 0.15) is 11.3 Å². The first-order chi connectivity index (χ1) is 8.61. The molecule has 94 valence electrons. The largest absolute Gasteiger partial charge is 0.409 e. The van der Waals surface area contributed by atoms with Crippen molar-refractivity contribution in [3.63, 3.8) is 0 Å². The van der Waals surface area contributed by atoms with Crippen LogP contribution in [-0.4, -0.2) is 16.0 Å². The molecular formula is C11H10ClN3OS2. The second-order valence-corrected chi connectivity index (χ2v) is 6.01. The van der Waals surface area contributed by atoms with Gasteiger partial charge in [0.1, 0.15) is 0 Å². The molecule has 0 radical (unpaired) electrons. The minimum Gasteiger partial charge on any atom is -0.409 e. The maximum atomic E-state index is 8.79. The van der Waals surface area contributed by atoms with E-state index in [0.717, 1.165) is 14.9 Å². The zero-order valence-electron chi connectivity index (χ0n) is 9.42. The van der Waals surface area contributed by atoms with E-state index in [9.17, 15) is 0 Å². The molecular weight excluding hydrogens is 290 g/mol. The molecule has 0 saturated carbocycles. The number of nitrogens with zero attached hydrogens (tertiary/aromatic N) is 2. The van der Waals surface area contributed by atoms with E-state index < -0.39 is 0 Å². The Balaban J connectivity index is 2.41. The van der Waals surface area contributed by atoms with E-state index in [2.05, 4.69) is 10.1 Å². The fourth-order valence-electron chi connectivity index (χ4n) is 1.36. The molecule has 0 unspecified atom stereocenters. The van der Waals surface area contributed by atoms with E-state index in [-0.39, 0.29) is 5.84 Å². The molecule has 1 aromatic heterocycles. The van der Waals surface area contributed by atoms with Gasteiger partial charge < -0.3 is 10.9 Å². The Morgan fingerprint density at radius 3 is 2.94 bits per heavy atom. The third kappa shape index (κ3) is 2.77. The van der Waals surface area contributed by atoms with Crippen LogP contribution in [0, 0.1) is 6.92 Å². The van der Waals surface area contributed by atoms with Crippen LogP contribution in [0.2, 0.25) is 5.02 Å². The first-order valence-electron chi connectivity index (χ1n) is 4.98. The van der Waals surface area contributed by atoms with Gasteiger partial charge in [-0.3, -0.25) is 0 Å². The van der Waals surface area contributed by atoms with Crippen LogP contribution in [0.5, 0.6) is 0 Å². The summed E-state index contributed by atoms with van der Waals surface area (Å²) in [6.07, 6.45) is 0. The van der Waals surface area contributed by atoms with Crippen LogP contribution in [0.3, 0.4) is 0 Å². The van der Waals surface area contributed by atoms with E-state index in [0.29, 0.717) is 10.6 Å². The normalized spacial score (nSPS) is 11.8. The topological polar surface area (TPSA) is 71.5 Å². The van der Waals surface area contributed by atoms with Crippen LogP contribution in [0.4, 0.5) is 0 Å². The van der Waals surface area contributed by atoms with Gasteiger partial charge in [-0.05, 0) is 19.1 Å². The molecule has 0 aliphatic heterocycles. The van der Waals surface area contributed by atoms with E-state index in [4.69, 9.17) is 22.5 Å². The predicted octanol–water partition coefficient (Wildman–Crippen LogP) is 3.35. The Morgan fingerprint density at radius 2 is 2.33 bits per heavy atom. The molecule has 18 heavy (non-hydrogen) atoms. The van der Waals surface area contributed by atoms with Crippen molar-refractivity contribution in [1.82, 2.24) is 4.98 Å². The SMILES string of the molecule is Cc1csc(Sc2cccc(Cl)c2/C(N)=N/O)n1. The van der Waals surface area contributed by atoms with Crippen LogP contribution in [0.15, 0.2) is 38.0 Å². The number of amidine groups is 1. The minimum atomic E-state index is -0.00335. The molecule has 0 aliphatic carbocycles. The van der Waals surface area contributed by atoms with Crippen molar-refractivity contribution in [2.24, 2.45) is 10.9 Å². The first kappa shape index (κ1) is 13.2. The Hall–Kier alpha value is -1.24. The van der Waals surface area contributed by atoms with Gasteiger partial charge in [0.2, 0.25) is 0 Å². The standard InChI is InChI=1S/C11H10ClN3OS2/c1-6-5-17-11(14-6)18-8-4-2-3-7(12)9(8)10(13)15-16/h2-5,16H,1H3,(H2,13,15). The Kier molecular flexibility index (Phi) is 4.11. The summed E-state index contributed by atoms with van der Waals surface area (Å²) in [5.41, 5.74) is 7.13. The number of hydrogen-bond acceptors (Lipinski definition) is 5. The molecule has 1 heterocycles. The Labute approximate surface area is 117 Å². The number of oxime groups is 1. The van der Waals surface area contributed by atoms with Crippen molar-refractivity contribution in [2.75, 3.05) is 0 Å². The predicted molar refractivity (Wildman–Crippen MR) is 74.9 cm³/mol. The molecule has 2 rings (SSSR count). The third-order valence-corrected chi connectivity index (χ3v) is 4.57. The number of aryl methyl sites for hydroxylation is 1. The summed E-state index contributed by atoms with van der Waals surface area (Å²) in [5.74, 6) is -0.00335. The summed E-state index contributed by atoms with van der Waals surface area (Å²) >= 11 is 9.06. The number of hydrogen-bond donors (Lipinski definition) is 2. The maximum Gasteiger partial charge on any atom is 0.172 e. The van der Waals surface area contributed by atoms with Crippen LogP contribution in [-0.2, 0) is 0 Å². The minimum absolute atomic E-state index is 0.00335. The lowest BCUT2D eigenvalue weighted by molar-refractivity contribution is 0.318. The van der Waals surface area contributed by atoms with Gasteiger partial charge in [-0.25, -0.2) is 4.98 Å². The van der Waals surface area contributed by atoms with E-state index in [1.54, 1.807) is 17.4 Å². The fraction of sp³-hybridized carbons (Fsp3) is 0.0909. The molecule has 0 atom stereocenters. The monoisotopic (exact) mass is 299 g/mol. The first-order valence-corrected chi connectivity index (χ1v) is 7.05. The van der Waals surface area contributed by atoms with Crippen molar-refractivity contribution in [3.8, 4) is 0 Å². The number of nitrogens with two attached hydrogens (primary N) is 1. The lowest BCUT2D eigenvalue weighted by atomic mass is 10.2. The molecule has 0 fully saturated rings. The molecule has 7 heteroatoms. The van der Waals surface area contributed by atoms with Crippen LogP contribution >= 0.6 is 34.7 Å². The maximum absolute atomic E-state index is 8.79.